The minimum Gasteiger partial charge on any atom is -0.395 e. The molecule has 240 valence electrons. The summed E-state index contributed by atoms with van der Waals surface area (Å²) in [6, 6.07) is -3.92. The summed E-state index contributed by atoms with van der Waals surface area (Å²) in [5, 5.41) is 84.3. The summed E-state index contributed by atoms with van der Waals surface area (Å²) in [6.07, 6.45) is -17.8. The summed E-state index contributed by atoms with van der Waals surface area (Å²) in [6.45, 7) is -1.21. The van der Waals surface area contributed by atoms with Crippen LogP contribution in [-0.2, 0) is 23.7 Å². The van der Waals surface area contributed by atoms with E-state index in [0.29, 0.717) is 0 Å². The van der Waals surface area contributed by atoms with E-state index < -0.39 is 110 Å². The lowest BCUT2D eigenvalue weighted by molar-refractivity contribution is -0.332. The van der Waals surface area contributed by atoms with Crippen molar-refractivity contribution in [1.82, 2.24) is 5.32 Å². The van der Waals surface area contributed by atoms with Crippen LogP contribution in [0.2, 0.25) is 0 Å². The molecule has 1 saturated carbocycles. The lowest BCUT2D eigenvalue weighted by Gasteiger charge is -2.48. The summed E-state index contributed by atoms with van der Waals surface area (Å²) in [5.74, 6) is -0.509. The van der Waals surface area contributed by atoms with Crippen LogP contribution in [0.25, 0.3) is 0 Å². The lowest BCUT2D eigenvalue weighted by atomic mass is 9.83. The molecule has 0 unspecified atom stereocenters. The maximum absolute atomic E-state index is 12.7. The molecule has 17 N–H and O–H groups in total. The van der Waals surface area contributed by atoms with Crippen LogP contribution < -0.4 is 28.3 Å². The summed E-state index contributed by atoms with van der Waals surface area (Å²) in [5.41, 5.74) is 23.4. The van der Waals surface area contributed by atoms with Crippen molar-refractivity contribution < 1.29 is 64.6 Å². The molecule has 0 spiro atoms. The Balaban J connectivity index is 1.82. The quantitative estimate of drug-likeness (QED) is 0.105. The standard InChI is InChI=1S/C23H45N5O13/c24-4-10-15(33)17(35)18(36)23(38-10)40-20-8(26)3-9(28-12(31)2-1-7(25)5-29)21(19(20)37)41-22-16(34)13(27)14(32)11(6-30)39-22/h7-11,13-23,29-30,32-37H,1-6,24-27H2,(H,28,31)/t7-,8+,9-,10-,11+,13-,14+,15-,16+,17+,18-,19+,20-,21+,22+,23-/m1/s1. The van der Waals surface area contributed by atoms with E-state index in [1.54, 1.807) is 0 Å². The molecule has 16 atom stereocenters. The van der Waals surface area contributed by atoms with E-state index in [-0.39, 0.29) is 32.4 Å². The number of nitrogens with two attached hydrogens (primary N) is 4. The molecule has 2 aliphatic heterocycles. The highest BCUT2D eigenvalue weighted by atomic mass is 16.7. The molecule has 2 heterocycles. The molecule has 2 saturated heterocycles. The van der Waals surface area contributed by atoms with Crippen LogP contribution in [-0.4, -0.2) is 164 Å². The number of hydrogen-bond acceptors (Lipinski definition) is 17. The molecule has 0 radical (unpaired) electrons. The molecule has 18 nitrogen and oxygen atoms in total. The molecule has 3 aliphatic rings. The minimum absolute atomic E-state index is 0.0700. The van der Waals surface area contributed by atoms with Crippen molar-refractivity contribution in [1.29, 1.82) is 0 Å². The topological polar surface area (TPSA) is 332 Å². The van der Waals surface area contributed by atoms with E-state index in [4.69, 9.17) is 47.0 Å². The number of carbonyl (C=O) groups excluding carboxylic acids is 1. The zero-order chi connectivity index (χ0) is 30.6. The monoisotopic (exact) mass is 599 g/mol. The number of carbonyl (C=O) groups is 1. The van der Waals surface area contributed by atoms with E-state index in [0.717, 1.165) is 0 Å². The van der Waals surface area contributed by atoms with Crippen molar-refractivity contribution in [2.75, 3.05) is 19.8 Å². The van der Waals surface area contributed by atoms with Crippen molar-refractivity contribution in [3.05, 3.63) is 0 Å². The predicted molar refractivity (Wildman–Crippen MR) is 136 cm³/mol. The molecule has 0 bridgehead atoms. The minimum atomic E-state index is -1.74. The zero-order valence-electron chi connectivity index (χ0n) is 22.4. The van der Waals surface area contributed by atoms with Crippen molar-refractivity contribution in [2.45, 2.75) is 117 Å². The third kappa shape index (κ3) is 7.87. The van der Waals surface area contributed by atoms with Crippen LogP contribution in [0.1, 0.15) is 19.3 Å². The highest BCUT2D eigenvalue weighted by Crippen LogP contribution is 2.32. The van der Waals surface area contributed by atoms with E-state index in [2.05, 4.69) is 5.32 Å². The van der Waals surface area contributed by atoms with Crippen molar-refractivity contribution in [2.24, 2.45) is 22.9 Å². The molecule has 18 heteroatoms. The van der Waals surface area contributed by atoms with Gasteiger partial charge in [-0.3, -0.25) is 4.79 Å². The average molecular weight is 600 g/mol. The van der Waals surface area contributed by atoms with Gasteiger partial charge in [0, 0.05) is 25.0 Å². The predicted octanol–water partition coefficient (Wildman–Crippen LogP) is -8.03. The molecule has 1 amide bonds. The Hall–Kier alpha value is -1.17. The van der Waals surface area contributed by atoms with Crippen LogP contribution in [0.5, 0.6) is 0 Å². The van der Waals surface area contributed by atoms with Crippen molar-refractivity contribution in [3.63, 3.8) is 0 Å². The van der Waals surface area contributed by atoms with E-state index in [1.807, 2.05) is 0 Å². The number of aliphatic hydroxyl groups excluding tert-OH is 8. The number of amides is 1. The first kappa shape index (κ1) is 34.3. The fourth-order valence-electron chi connectivity index (χ4n) is 5.19. The fraction of sp³-hybridized carbons (Fsp3) is 0.957. The van der Waals surface area contributed by atoms with E-state index >= 15 is 0 Å². The fourth-order valence-corrected chi connectivity index (χ4v) is 5.19. The van der Waals surface area contributed by atoms with Gasteiger partial charge in [-0.05, 0) is 12.8 Å². The van der Waals surface area contributed by atoms with E-state index in [1.165, 1.54) is 0 Å². The number of aliphatic hydroxyl groups is 8. The number of ether oxygens (including phenoxy) is 4. The Bertz CT molecular complexity index is 831. The molecule has 0 aromatic carbocycles. The highest BCUT2D eigenvalue weighted by Gasteiger charge is 2.52. The largest absolute Gasteiger partial charge is 0.395 e. The third-order valence-electron chi connectivity index (χ3n) is 7.76. The Kier molecular flexibility index (Phi) is 12.6. The average Bonchev–Trinajstić information content (AvgIpc) is 2.95. The van der Waals surface area contributed by atoms with Crippen molar-refractivity contribution in [3.8, 4) is 0 Å². The van der Waals surface area contributed by atoms with Gasteiger partial charge >= 0.3 is 0 Å². The van der Waals surface area contributed by atoms with Gasteiger partial charge < -0.3 is 88.1 Å². The number of hydrogen-bond donors (Lipinski definition) is 13. The second kappa shape index (κ2) is 15.0. The number of rotatable bonds is 11. The molecule has 3 rings (SSSR count). The Morgan fingerprint density at radius 3 is 2.07 bits per heavy atom. The van der Waals surface area contributed by atoms with Crippen LogP contribution in [0.3, 0.4) is 0 Å². The molecular formula is C23H45N5O13. The van der Waals surface area contributed by atoms with Crippen LogP contribution in [0.15, 0.2) is 0 Å². The van der Waals surface area contributed by atoms with E-state index in [9.17, 15) is 40.5 Å². The molecule has 3 fully saturated rings. The van der Waals surface area contributed by atoms with Gasteiger partial charge in [-0.1, -0.05) is 0 Å². The highest BCUT2D eigenvalue weighted by molar-refractivity contribution is 5.76. The SMILES string of the molecule is NC[C@H]1O[C@H](O[C@H]2[C@H](O)[C@@H](O[C@@H]3O[C@@H](CO)[C@H](O)[C@@H](N)[C@@H]3O)[C@H](NC(=O)CC[C@@H](N)CO)C[C@@H]2N)[C@H](O)[C@@H](O)[C@@H]1O. The molecule has 41 heavy (non-hydrogen) atoms. The zero-order valence-corrected chi connectivity index (χ0v) is 22.4. The first-order valence-corrected chi connectivity index (χ1v) is 13.5. The Labute approximate surface area is 236 Å². The second-order valence-corrected chi connectivity index (χ2v) is 10.8. The van der Waals surface area contributed by atoms with Gasteiger partial charge in [-0.2, -0.15) is 0 Å². The van der Waals surface area contributed by atoms with Gasteiger partial charge in [0.25, 0.3) is 0 Å². The van der Waals surface area contributed by atoms with Crippen LogP contribution in [0.4, 0.5) is 0 Å². The molecule has 1 aliphatic carbocycles. The summed E-state index contributed by atoms with van der Waals surface area (Å²) in [4.78, 5) is 12.7. The van der Waals surface area contributed by atoms with Crippen molar-refractivity contribution >= 4 is 5.91 Å². The normalized spacial score (nSPS) is 46.2. The molecule has 0 aromatic rings. The maximum atomic E-state index is 12.7. The summed E-state index contributed by atoms with van der Waals surface area (Å²) in [7, 11) is 0. The van der Waals surface area contributed by atoms with Gasteiger partial charge in [-0.25, -0.2) is 0 Å². The van der Waals surface area contributed by atoms with Crippen LogP contribution >= 0.6 is 0 Å². The van der Waals surface area contributed by atoms with Gasteiger partial charge in [0.15, 0.2) is 12.6 Å². The van der Waals surface area contributed by atoms with Crippen LogP contribution in [0, 0.1) is 0 Å². The van der Waals surface area contributed by atoms with Gasteiger partial charge in [0.1, 0.15) is 61.0 Å². The van der Waals surface area contributed by atoms with Gasteiger partial charge in [0.05, 0.1) is 25.3 Å². The smallest absolute Gasteiger partial charge is 0.220 e. The Morgan fingerprint density at radius 1 is 0.854 bits per heavy atom. The Morgan fingerprint density at radius 2 is 1.46 bits per heavy atom. The molecular weight excluding hydrogens is 554 g/mol. The lowest BCUT2D eigenvalue weighted by Crippen LogP contribution is -2.69. The summed E-state index contributed by atoms with van der Waals surface area (Å²) < 4.78 is 22.6. The third-order valence-corrected chi connectivity index (χ3v) is 7.76. The molecule has 0 aromatic heterocycles. The maximum Gasteiger partial charge on any atom is 0.220 e. The first-order valence-electron chi connectivity index (χ1n) is 13.5. The first-order chi connectivity index (χ1) is 19.3. The summed E-state index contributed by atoms with van der Waals surface area (Å²) >= 11 is 0. The second-order valence-electron chi connectivity index (χ2n) is 10.8. The van der Waals surface area contributed by atoms with Gasteiger partial charge in [-0.15, -0.1) is 0 Å². The number of nitrogens with one attached hydrogen (secondary N) is 1. The van der Waals surface area contributed by atoms with Gasteiger partial charge in [0.2, 0.25) is 5.91 Å².